The number of halogens is 1. The third-order valence-corrected chi connectivity index (χ3v) is 3.14. The van der Waals surface area contributed by atoms with Crippen molar-refractivity contribution in [1.29, 1.82) is 5.26 Å². The number of amides is 1. The van der Waals surface area contributed by atoms with E-state index in [4.69, 9.17) is 16.9 Å². The van der Waals surface area contributed by atoms with Gasteiger partial charge < -0.3 is 5.32 Å². The van der Waals surface area contributed by atoms with Crippen LogP contribution in [0, 0.1) is 23.7 Å². The van der Waals surface area contributed by atoms with Crippen molar-refractivity contribution in [3.63, 3.8) is 0 Å². The number of anilines is 1. The number of aryl methyl sites for hydroxylation is 1. The highest BCUT2D eigenvalue weighted by molar-refractivity contribution is 6.31. The van der Waals surface area contributed by atoms with Gasteiger partial charge in [-0.3, -0.25) is 4.79 Å². The number of nitrogens with one attached hydrogen (secondary N) is 1. The van der Waals surface area contributed by atoms with Crippen LogP contribution >= 0.6 is 11.6 Å². The first-order valence-electron chi connectivity index (χ1n) is 5.42. The molecule has 0 aliphatic heterocycles. The molecule has 0 aromatic heterocycles. The monoisotopic (exact) mass is 250 g/mol. The van der Waals surface area contributed by atoms with Crippen LogP contribution in [-0.2, 0) is 4.79 Å². The number of rotatable bonds is 3. The van der Waals surface area contributed by atoms with E-state index in [1.165, 1.54) is 0 Å². The quantitative estimate of drug-likeness (QED) is 0.892. The number of carbonyl (C=O) groups excluding carboxylic acids is 1. The Morgan fingerprint density at radius 1 is 1.59 bits per heavy atom. The molecule has 0 bridgehead atoms. The van der Waals surface area contributed by atoms with Crippen LogP contribution in [0.4, 0.5) is 5.69 Å². The van der Waals surface area contributed by atoms with E-state index in [1.807, 2.05) is 26.0 Å². The van der Waals surface area contributed by atoms with E-state index in [-0.39, 0.29) is 5.91 Å². The summed E-state index contributed by atoms with van der Waals surface area (Å²) in [7, 11) is 0. The maximum atomic E-state index is 12.0. The first kappa shape index (κ1) is 13.5. The van der Waals surface area contributed by atoms with Crippen molar-refractivity contribution in [2.75, 3.05) is 5.32 Å². The van der Waals surface area contributed by atoms with Gasteiger partial charge in [-0.2, -0.15) is 5.26 Å². The molecular formula is C13H15ClN2O. The number of carbonyl (C=O) groups is 1. The number of hydrogen-bond acceptors (Lipinski definition) is 2. The second-order valence-corrected chi connectivity index (χ2v) is 4.65. The van der Waals surface area contributed by atoms with Crippen molar-refractivity contribution in [3.05, 3.63) is 28.8 Å². The summed E-state index contributed by atoms with van der Waals surface area (Å²) in [4.78, 5) is 12.0. The summed E-state index contributed by atoms with van der Waals surface area (Å²) < 4.78 is 0. The van der Waals surface area contributed by atoms with Gasteiger partial charge in [-0.1, -0.05) is 24.6 Å². The van der Waals surface area contributed by atoms with Gasteiger partial charge in [0.15, 0.2) is 0 Å². The maximum absolute atomic E-state index is 12.0. The zero-order valence-electron chi connectivity index (χ0n) is 10.2. The normalized spacial score (nSPS) is 13.6. The average molecular weight is 251 g/mol. The molecule has 1 aromatic carbocycles. The van der Waals surface area contributed by atoms with Gasteiger partial charge in [0.2, 0.25) is 5.91 Å². The Morgan fingerprint density at radius 2 is 2.24 bits per heavy atom. The largest absolute Gasteiger partial charge is 0.324 e. The van der Waals surface area contributed by atoms with E-state index < -0.39 is 5.41 Å². The molecule has 0 saturated heterocycles. The van der Waals surface area contributed by atoms with Gasteiger partial charge in [0.05, 0.1) is 6.07 Å². The fourth-order valence-electron chi connectivity index (χ4n) is 1.28. The predicted molar refractivity (Wildman–Crippen MR) is 68.8 cm³/mol. The molecule has 0 spiro atoms. The Kier molecular flexibility index (Phi) is 4.14. The van der Waals surface area contributed by atoms with Crippen LogP contribution in [0.3, 0.4) is 0 Å². The van der Waals surface area contributed by atoms with Crippen molar-refractivity contribution < 1.29 is 4.79 Å². The Bertz CT molecular complexity index is 479. The van der Waals surface area contributed by atoms with Gasteiger partial charge in [0.1, 0.15) is 5.41 Å². The Hall–Kier alpha value is -1.53. The van der Waals surface area contributed by atoms with Crippen molar-refractivity contribution in [1.82, 2.24) is 0 Å². The van der Waals surface area contributed by atoms with Crippen molar-refractivity contribution in [2.24, 2.45) is 5.41 Å². The molecule has 0 fully saturated rings. The smallest absolute Gasteiger partial charge is 0.244 e. The van der Waals surface area contributed by atoms with E-state index in [0.29, 0.717) is 17.1 Å². The predicted octanol–water partition coefficient (Wildman–Crippen LogP) is 3.53. The van der Waals surface area contributed by atoms with Crippen molar-refractivity contribution in [3.8, 4) is 6.07 Å². The number of hydrogen-bond donors (Lipinski definition) is 1. The minimum Gasteiger partial charge on any atom is -0.324 e. The molecule has 0 heterocycles. The molecule has 1 N–H and O–H groups in total. The summed E-state index contributed by atoms with van der Waals surface area (Å²) in [6, 6.07) is 7.31. The molecule has 0 radical (unpaired) electrons. The van der Waals surface area contributed by atoms with Crippen LogP contribution in [0.15, 0.2) is 18.2 Å². The Morgan fingerprint density at radius 3 is 2.76 bits per heavy atom. The Labute approximate surface area is 106 Å². The van der Waals surface area contributed by atoms with Crippen molar-refractivity contribution >= 4 is 23.2 Å². The van der Waals surface area contributed by atoms with E-state index in [1.54, 1.807) is 19.1 Å². The van der Waals surface area contributed by atoms with Crippen LogP contribution in [0.2, 0.25) is 5.02 Å². The van der Waals surface area contributed by atoms with E-state index in [2.05, 4.69) is 5.32 Å². The molecule has 1 amide bonds. The lowest BCUT2D eigenvalue weighted by atomic mass is 9.88. The number of nitrogens with zero attached hydrogens (tertiary/aromatic N) is 1. The van der Waals surface area contributed by atoms with Crippen LogP contribution in [0.25, 0.3) is 0 Å². The van der Waals surface area contributed by atoms with Crippen molar-refractivity contribution in [2.45, 2.75) is 27.2 Å². The van der Waals surface area contributed by atoms with E-state index in [9.17, 15) is 4.79 Å². The molecule has 1 aromatic rings. The molecule has 4 heteroatoms. The fraction of sp³-hybridized carbons (Fsp3) is 0.385. The maximum Gasteiger partial charge on any atom is 0.244 e. The lowest BCUT2D eigenvalue weighted by Crippen LogP contribution is -2.31. The lowest BCUT2D eigenvalue weighted by molar-refractivity contribution is -0.122. The molecule has 0 aliphatic carbocycles. The number of nitriles is 1. The third-order valence-electron chi connectivity index (χ3n) is 2.90. The van der Waals surface area contributed by atoms with Crippen LogP contribution in [0.1, 0.15) is 25.8 Å². The highest BCUT2D eigenvalue weighted by atomic mass is 35.5. The standard InChI is InChI=1S/C13H15ClN2O/c1-4-13(3,8-15)12(17)16-11-7-10(14)6-5-9(11)2/h5-7H,4H2,1-3H3,(H,16,17). The highest BCUT2D eigenvalue weighted by Gasteiger charge is 2.31. The minimum atomic E-state index is -1.01. The van der Waals surface area contributed by atoms with Gasteiger partial charge in [0.25, 0.3) is 0 Å². The lowest BCUT2D eigenvalue weighted by Gasteiger charge is -2.19. The van der Waals surface area contributed by atoms with Crippen LogP contribution in [-0.4, -0.2) is 5.91 Å². The summed E-state index contributed by atoms with van der Waals surface area (Å²) in [6.07, 6.45) is 0.467. The molecule has 0 saturated carbocycles. The van der Waals surface area contributed by atoms with E-state index in [0.717, 1.165) is 5.56 Å². The van der Waals surface area contributed by atoms with Gasteiger partial charge in [-0.15, -0.1) is 0 Å². The third kappa shape index (κ3) is 2.98. The molecule has 1 rings (SSSR count). The van der Waals surface area contributed by atoms with Crippen LogP contribution < -0.4 is 5.32 Å². The first-order valence-corrected chi connectivity index (χ1v) is 5.79. The van der Waals surface area contributed by atoms with Gasteiger partial charge in [-0.25, -0.2) is 0 Å². The zero-order valence-corrected chi connectivity index (χ0v) is 10.9. The second kappa shape index (κ2) is 5.20. The summed E-state index contributed by atoms with van der Waals surface area (Å²) in [5, 5.41) is 12.3. The second-order valence-electron chi connectivity index (χ2n) is 4.21. The molecule has 0 aliphatic rings. The Balaban J connectivity index is 2.96. The fourth-order valence-corrected chi connectivity index (χ4v) is 1.45. The number of benzene rings is 1. The molecule has 1 unspecified atom stereocenters. The summed E-state index contributed by atoms with van der Waals surface area (Å²) >= 11 is 5.87. The van der Waals surface area contributed by atoms with Gasteiger partial charge >= 0.3 is 0 Å². The summed E-state index contributed by atoms with van der Waals surface area (Å²) in [5.74, 6) is -0.298. The molecule has 1 atom stereocenters. The van der Waals surface area contributed by atoms with Crippen LogP contribution in [0.5, 0.6) is 0 Å². The SMILES string of the molecule is CCC(C)(C#N)C(=O)Nc1cc(Cl)ccc1C. The van der Waals surface area contributed by atoms with Gasteiger partial charge in [0, 0.05) is 10.7 Å². The van der Waals surface area contributed by atoms with E-state index >= 15 is 0 Å². The first-order chi connectivity index (χ1) is 7.92. The average Bonchev–Trinajstić information content (AvgIpc) is 2.32. The topological polar surface area (TPSA) is 52.9 Å². The zero-order chi connectivity index (χ0) is 13.1. The minimum absolute atomic E-state index is 0.298. The summed E-state index contributed by atoms with van der Waals surface area (Å²) in [6.45, 7) is 5.32. The molecule has 90 valence electrons. The highest BCUT2D eigenvalue weighted by Crippen LogP contribution is 2.25. The van der Waals surface area contributed by atoms with Gasteiger partial charge in [-0.05, 0) is 38.0 Å². The summed E-state index contributed by atoms with van der Waals surface area (Å²) in [5.41, 5.74) is 0.561. The molecular weight excluding hydrogens is 236 g/mol. The molecule has 3 nitrogen and oxygen atoms in total. The molecule has 17 heavy (non-hydrogen) atoms.